The van der Waals surface area contributed by atoms with Gasteiger partial charge < -0.3 is 15.0 Å². The van der Waals surface area contributed by atoms with Gasteiger partial charge in [-0.3, -0.25) is 9.59 Å². The standard InChI is InChI=1S/C26H28N2O3/c1-20(26(30)27-18-22-11-7-4-8-12-22)28(19-23-13-15-24(31-2)16-14-23)25(29)17-21-9-5-3-6-10-21/h3-16,20H,17-19H2,1-2H3,(H,27,30)/t20-/m1/s1. The molecule has 0 unspecified atom stereocenters. The normalized spacial score (nSPS) is 11.4. The van der Waals surface area contributed by atoms with Crippen LogP contribution in [0, 0.1) is 0 Å². The van der Waals surface area contributed by atoms with Crippen molar-refractivity contribution in [1.29, 1.82) is 0 Å². The number of benzene rings is 3. The second-order valence-corrected chi connectivity index (χ2v) is 7.41. The van der Waals surface area contributed by atoms with E-state index < -0.39 is 6.04 Å². The molecule has 0 heterocycles. The van der Waals surface area contributed by atoms with E-state index in [0.29, 0.717) is 13.1 Å². The highest BCUT2D eigenvalue weighted by Crippen LogP contribution is 2.16. The summed E-state index contributed by atoms with van der Waals surface area (Å²) in [6.07, 6.45) is 0.243. The third kappa shape index (κ3) is 6.44. The molecule has 0 aliphatic carbocycles. The van der Waals surface area contributed by atoms with Crippen LogP contribution in [0.2, 0.25) is 0 Å². The summed E-state index contributed by atoms with van der Waals surface area (Å²) in [7, 11) is 1.61. The van der Waals surface area contributed by atoms with E-state index in [9.17, 15) is 9.59 Å². The summed E-state index contributed by atoms with van der Waals surface area (Å²) in [4.78, 5) is 27.7. The fourth-order valence-corrected chi connectivity index (χ4v) is 3.32. The molecule has 0 spiro atoms. The number of hydrogen-bond donors (Lipinski definition) is 1. The highest BCUT2D eigenvalue weighted by molar-refractivity contribution is 5.88. The number of carbonyl (C=O) groups excluding carboxylic acids is 2. The summed E-state index contributed by atoms with van der Waals surface area (Å²) in [5.74, 6) is 0.475. The Morgan fingerprint density at radius 1 is 0.839 bits per heavy atom. The Morgan fingerprint density at radius 2 is 1.42 bits per heavy atom. The molecule has 0 aromatic heterocycles. The Morgan fingerprint density at radius 3 is 2.00 bits per heavy atom. The number of carbonyl (C=O) groups is 2. The average molecular weight is 417 g/mol. The lowest BCUT2D eigenvalue weighted by Gasteiger charge is -2.29. The van der Waals surface area contributed by atoms with Crippen LogP contribution in [-0.4, -0.2) is 29.9 Å². The summed E-state index contributed by atoms with van der Waals surface area (Å²) in [6.45, 7) is 2.54. The number of rotatable bonds is 9. The van der Waals surface area contributed by atoms with Crippen molar-refractivity contribution in [1.82, 2.24) is 10.2 Å². The Bertz CT molecular complexity index is 973. The minimum Gasteiger partial charge on any atom is -0.497 e. The predicted molar refractivity (Wildman–Crippen MR) is 121 cm³/mol. The van der Waals surface area contributed by atoms with Crippen LogP contribution < -0.4 is 10.1 Å². The molecule has 5 nitrogen and oxygen atoms in total. The molecule has 0 bridgehead atoms. The highest BCUT2D eigenvalue weighted by Gasteiger charge is 2.26. The Balaban J connectivity index is 1.73. The van der Waals surface area contributed by atoms with Crippen LogP contribution in [0.4, 0.5) is 0 Å². The summed E-state index contributed by atoms with van der Waals surface area (Å²) in [6, 6.07) is 26.2. The third-order valence-electron chi connectivity index (χ3n) is 5.19. The van der Waals surface area contributed by atoms with Crippen molar-refractivity contribution in [2.24, 2.45) is 0 Å². The van der Waals surface area contributed by atoms with Gasteiger partial charge in [0.15, 0.2) is 0 Å². The molecule has 1 atom stereocenters. The van der Waals surface area contributed by atoms with Crippen LogP contribution in [-0.2, 0) is 29.1 Å². The number of nitrogens with one attached hydrogen (secondary N) is 1. The van der Waals surface area contributed by atoms with E-state index in [1.54, 1.807) is 18.9 Å². The van der Waals surface area contributed by atoms with E-state index in [0.717, 1.165) is 22.4 Å². The van der Waals surface area contributed by atoms with Gasteiger partial charge in [0.05, 0.1) is 13.5 Å². The summed E-state index contributed by atoms with van der Waals surface area (Å²) >= 11 is 0. The molecule has 0 saturated heterocycles. The number of hydrogen-bond acceptors (Lipinski definition) is 3. The van der Waals surface area contributed by atoms with Crippen LogP contribution in [0.5, 0.6) is 5.75 Å². The van der Waals surface area contributed by atoms with E-state index in [-0.39, 0.29) is 18.2 Å². The van der Waals surface area contributed by atoms with Gasteiger partial charge in [-0.2, -0.15) is 0 Å². The largest absolute Gasteiger partial charge is 0.497 e. The second-order valence-electron chi connectivity index (χ2n) is 7.41. The molecule has 0 radical (unpaired) electrons. The first-order valence-electron chi connectivity index (χ1n) is 10.3. The zero-order chi connectivity index (χ0) is 22.1. The average Bonchev–Trinajstić information content (AvgIpc) is 2.82. The van der Waals surface area contributed by atoms with Crippen molar-refractivity contribution in [3.8, 4) is 5.75 Å². The van der Waals surface area contributed by atoms with Gasteiger partial charge in [0.25, 0.3) is 0 Å². The van der Waals surface area contributed by atoms with Crippen molar-refractivity contribution in [2.75, 3.05) is 7.11 Å². The van der Waals surface area contributed by atoms with Crippen LogP contribution in [0.25, 0.3) is 0 Å². The lowest BCUT2D eigenvalue weighted by Crippen LogP contribution is -2.47. The molecule has 3 aromatic carbocycles. The molecule has 0 saturated carbocycles. The molecule has 0 aliphatic heterocycles. The van der Waals surface area contributed by atoms with Crippen molar-refractivity contribution in [3.05, 3.63) is 102 Å². The monoisotopic (exact) mass is 416 g/mol. The van der Waals surface area contributed by atoms with Crippen LogP contribution in [0.3, 0.4) is 0 Å². The smallest absolute Gasteiger partial charge is 0.242 e. The summed E-state index contributed by atoms with van der Waals surface area (Å²) in [5, 5.41) is 2.95. The molecule has 160 valence electrons. The Labute approximate surface area is 183 Å². The molecule has 1 N–H and O–H groups in total. The van der Waals surface area contributed by atoms with Crippen LogP contribution >= 0.6 is 0 Å². The van der Waals surface area contributed by atoms with Crippen LogP contribution in [0.1, 0.15) is 23.6 Å². The van der Waals surface area contributed by atoms with E-state index >= 15 is 0 Å². The van der Waals surface area contributed by atoms with Gasteiger partial charge in [-0.1, -0.05) is 72.8 Å². The van der Waals surface area contributed by atoms with Gasteiger partial charge in [-0.05, 0) is 35.7 Å². The lowest BCUT2D eigenvalue weighted by atomic mass is 10.1. The molecule has 0 aliphatic rings. The Kier molecular flexibility index (Phi) is 7.82. The number of ether oxygens (including phenoxy) is 1. The molecule has 3 aromatic rings. The number of nitrogens with zero attached hydrogens (tertiary/aromatic N) is 1. The fourth-order valence-electron chi connectivity index (χ4n) is 3.32. The van der Waals surface area contributed by atoms with E-state index in [4.69, 9.17) is 4.74 Å². The topological polar surface area (TPSA) is 58.6 Å². The van der Waals surface area contributed by atoms with Crippen molar-refractivity contribution in [3.63, 3.8) is 0 Å². The zero-order valence-corrected chi connectivity index (χ0v) is 18.0. The maximum atomic E-state index is 13.2. The van der Waals surface area contributed by atoms with Crippen LogP contribution in [0.15, 0.2) is 84.9 Å². The third-order valence-corrected chi connectivity index (χ3v) is 5.19. The minimum atomic E-state index is -0.609. The van der Waals surface area contributed by atoms with Crippen molar-refractivity contribution < 1.29 is 14.3 Å². The van der Waals surface area contributed by atoms with Gasteiger partial charge in [-0.15, -0.1) is 0 Å². The maximum absolute atomic E-state index is 13.2. The Hall–Kier alpha value is -3.60. The van der Waals surface area contributed by atoms with Gasteiger partial charge in [0, 0.05) is 13.1 Å². The van der Waals surface area contributed by atoms with Crippen molar-refractivity contribution >= 4 is 11.8 Å². The van der Waals surface area contributed by atoms with Gasteiger partial charge in [0.2, 0.25) is 11.8 Å². The first kappa shape index (κ1) is 22.1. The fraction of sp³-hybridized carbons (Fsp3) is 0.231. The first-order valence-corrected chi connectivity index (χ1v) is 10.3. The molecule has 0 fully saturated rings. The van der Waals surface area contributed by atoms with E-state index in [1.165, 1.54) is 0 Å². The predicted octanol–water partition coefficient (Wildman–Crippen LogP) is 3.97. The van der Waals surface area contributed by atoms with E-state index in [2.05, 4.69) is 5.32 Å². The SMILES string of the molecule is COc1ccc(CN(C(=O)Cc2ccccc2)[C@H](C)C(=O)NCc2ccccc2)cc1. The zero-order valence-electron chi connectivity index (χ0n) is 18.0. The van der Waals surface area contributed by atoms with Gasteiger partial charge in [0.1, 0.15) is 11.8 Å². The maximum Gasteiger partial charge on any atom is 0.242 e. The summed E-state index contributed by atoms with van der Waals surface area (Å²) < 4.78 is 5.22. The summed E-state index contributed by atoms with van der Waals surface area (Å²) in [5.41, 5.74) is 2.87. The number of methoxy groups -OCH3 is 1. The van der Waals surface area contributed by atoms with Gasteiger partial charge in [-0.25, -0.2) is 0 Å². The first-order chi connectivity index (χ1) is 15.1. The molecular weight excluding hydrogens is 388 g/mol. The molecule has 3 rings (SSSR count). The molecular formula is C26H28N2O3. The van der Waals surface area contributed by atoms with Gasteiger partial charge >= 0.3 is 0 Å². The quantitative estimate of drug-likeness (QED) is 0.574. The minimum absolute atomic E-state index is 0.0932. The molecule has 5 heteroatoms. The number of amides is 2. The highest BCUT2D eigenvalue weighted by atomic mass is 16.5. The molecule has 31 heavy (non-hydrogen) atoms. The molecule has 2 amide bonds. The second kappa shape index (κ2) is 11.0. The lowest BCUT2D eigenvalue weighted by molar-refractivity contribution is -0.140. The van der Waals surface area contributed by atoms with E-state index in [1.807, 2.05) is 84.9 Å². The van der Waals surface area contributed by atoms with Crippen molar-refractivity contribution in [2.45, 2.75) is 32.5 Å².